The van der Waals surface area contributed by atoms with Crippen LogP contribution in [0.4, 0.5) is 5.82 Å². The molecule has 2 aromatic rings. The van der Waals surface area contributed by atoms with Gasteiger partial charge in [0.2, 0.25) is 0 Å². The Hall–Kier alpha value is -2.83. The summed E-state index contributed by atoms with van der Waals surface area (Å²) in [5.74, 6) is 0.693. The SMILES string of the molecule is CN(C)c1ccc(C(=O)N2CCN(C(=O)c3ccoc3)CC2)cn1. The van der Waals surface area contributed by atoms with Crippen molar-refractivity contribution in [2.75, 3.05) is 45.2 Å². The van der Waals surface area contributed by atoms with Crippen LogP contribution in [-0.4, -0.2) is 66.9 Å². The largest absolute Gasteiger partial charge is 0.472 e. The van der Waals surface area contributed by atoms with Crippen molar-refractivity contribution in [1.82, 2.24) is 14.8 Å². The first-order valence-electron chi connectivity index (χ1n) is 7.80. The molecule has 1 aliphatic heterocycles. The van der Waals surface area contributed by atoms with Crippen LogP contribution in [0.3, 0.4) is 0 Å². The van der Waals surface area contributed by atoms with Crippen LogP contribution < -0.4 is 4.90 Å². The summed E-state index contributed by atoms with van der Waals surface area (Å²) in [6.07, 6.45) is 4.52. The zero-order chi connectivity index (χ0) is 17.1. The van der Waals surface area contributed by atoms with Crippen LogP contribution in [0, 0.1) is 0 Å². The van der Waals surface area contributed by atoms with Gasteiger partial charge in [0, 0.05) is 46.5 Å². The first-order chi connectivity index (χ1) is 11.6. The molecule has 7 heteroatoms. The maximum absolute atomic E-state index is 12.5. The van der Waals surface area contributed by atoms with Crippen molar-refractivity contribution in [3.05, 3.63) is 48.0 Å². The Kier molecular flexibility index (Phi) is 4.50. The predicted molar refractivity (Wildman–Crippen MR) is 89.1 cm³/mol. The number of nitrogens with zero attached hydrogens (tertiary/aromatic N) is 4. The summed E-state index contributed by atoms with van der Waals surface area (Å²) in [5.41, 5.74) is 1.11. The fraction of sp³-hybridized carbons (Fsp3) is 0.353. The summed E-state index contributed by atoms with van der Waals surface area (Å²) in [7, 11) is 3.81. The lowest BCUT2D eigenvalue weighted by molar-refractivity contribution is 0.0535. The molecule has 0 bridgehead atoms. The van der Waals surface area contributed by atoms with Crippen molar-refractivity contribution in [2.45, 2.75) is 0 Å². The molecule has 126 valence electrons. The molecule has 0 N–H and O–H groups in total. The maximum Gasteiger partial charge on any atom is 0.257 e. The van der Waals surface area contributed by atoms with Crippen LogP contribution in [0.1, 0.15) is 20.7 Å². The van der Waals surface area contributed by atoms with E-state index < -0.39 is 0 Å². The van der Waals surface area contributed by atoms with Gasteiger partial charge in [-0.2, -0.15) is 0 Å². The van der Waals surface area contributed by atoms with E-state index in [1.54, 1.807) is 28.1 Å². The van der Waals surface area contributed by atoms with E-state index >= 15 is 0 Å². The molecule has 1 saturated heterocycles. The summed E-state index contributed by atoms with van der Waals surface area (Å²) in [6.45, 7) is 2.05. The molecule has 2 aromatic heterocycles. The van der Waals surface area contributed by atoms with Crippen LogP contribution in [0.2, 0.25) is 0 Å². The first kappa shape index (κ1) is 16.0. The summed E-state index contributed by atoms with van der Waals surface area (Å²) in [4.78, 5) is 34.4. The molecule has 3 heterocycles. The van der Waals surface area contributed by atoms with E-state index in [0.717, 1.165) is 5.82 Å². The normalized spacial score (nSPS) is 14.6. The van der Waals surface area contributed by atoms with Crippen molar-refractivity contribution in [2.24, 2.45) is 0 Å². The second-order valence-electron chi connectivity index (χ2n) is 5.90. The molecule has 2 amide bonds. The minimum atomic E-state index is -0.0622. The quantitative estimate of drug-likeness (QED) is 0.850. The number of rotatable bonds is 3. The number of carbonyl (C=O) groups is 2. The van der Waals surface area contributed by atoms with Crippen LogP contribution in [0.15, 0.2) is 41.3 Å². The molecule has 0 unspecified atom stereocenters. The number of hydrogen-bond acceptors (Lipinski definition) is 5. The summed E-state index contributed by atoms with van der Waals surface area (Å²) in [5, 5.41) is 0. The van der Waals surface area contributed by atoms with Crippen LogP contribution >= 0.6 is 0 Å². The number of aromatic nitrogens is 1. The molecule has 1 aliphatic rings. The Bertz CT molecular complexity index is 702. The van der Waals surface area contributed by atoms with E-state index in [9.17, 15) is 9.59 Å². The molecular formula is C17H20N4O3. The van der Waals surface area contributed by atoms with Crippen LogP contribution in [0.25, 0.3) is 0 Å². The van der Waals surface area contributed by atoms with Gasteiger partial charge in [-0.15, -0.1) is 0 Å². The van der Waals surface area contributed by atoms with Gasteiger partial charge in [0.1, 0.15) is 12.1 Å². The van der Waals surface area contributed by atoms with Crippen molar-refractivity contribution in [3.8, 4) is 0 Å². The van der Waals surface area contributed by atoms with Gasteiger partial charge >= 0.3 is 0 Å². The third-order valence-electron chi connectivity index (χ3n) is 4.08. The smallest absolute Gasteiger partial charge is 0.257 e. The molecule has 0 aromatic carbocycles. The number of carbonyl (C=O) groups excluding carboxylic acids is 2. The summed E-state index contributed by atoms with van der Waals surface area (Å²) < 4.78 is 4.95. The van der Waals surface area contributed by atoms with E-state index in [-0.39, 0.29) is 11.8 Å². The average molecular weight is 328 g/mol. The highest BCUT2D eigenvalue weighted by atomic mass is 16.3. The number of furan rings is 1. The zero-order valence-corrected chi connectivity index (χ0v) is 13.8. The fourth-order valence-electron chi connectivity index (χ4n) is 2.64. The maximum atomic E-state index is 12.5. The minimum Gasteiger partial charge on any atom is -0.472 e. The highest BCUT2D eigenvalue weighted by Gasteiger charge is 2.26. The summed E-state index contributed by atoms with van der Waals surface area (Å²) >= 11 is 0. The summed E-state index contributed by atoms with van der Waals surface area (Å²) in [6, 6.07) is 5.26. The van der Waals surface area contributed by atoms with Crippen molar-refractivity contribution in [3.63, 3.8) is 0 Å². The molecule has 7 nitrogen and oxygen atoms in total. The van der Waals surface area contributed by atoms with E-state index in [1.165, 1.54) is 12.5 Å². The van der Waals surface area contributed by atoms with Gasteiger partial charge in [-0.3, -0.25) is 9.59 Å². The molecule has 3 rings (SSSR count). The zero-order valence-electron chi connectivity index (χ0n) is 13.8. The Labute approximate surface area is 140 Å². The Balaban J connectivity index is 1.60. The molecule has 0 radical (unpaired) electrons. The predicted octanol–water partition coefficient (Wildman–Crippen LogP) is 1.34. The molecule has 0 aliphatic carbocycles. The van der Waals surface area contributed by atoms with Crippen LogP contribution in [0.5, 0.6) is 0 Å². The van der Waals surface area contributed by atoms with Crippen molar-refractivity contribution in [1.29, 1.82) is 0 Å². The van der Waals surface area contributed by atoms with Crippen molar-refractivity contribution >= 4 is 17.6 Å². The molecular weight excluding hydrogens is 308 g/mol. The Morgan fingerprint density at radius 2 is 1.62 bits per heavy atom. The van der Waals surface area contributed by atoms with E-state index in [0.29, 0.717) is 37.3 Å². The molecule has 0 spiro atoms. The van der Waals surface area contributed by atoms with Gasteiger partial charge < -0.3 is 19.1 Å². The molecule has 0 atom stereocenters. The van der Waals surface area contributed by atoms with Gasteiger partial charge in [-0.05, 0) is 18.2 Å². The number of hydrogen-bond donors (Lipinski definition) is 0. The topological polar surface area (TPSA) is 69.9 Å². The minimum absolute atomic E-state index is 0.0526. The average Bonchev–Trinajstić information content (AvgIpc) is 3.15. The second-order valence-corrected chi connectivity index (χ2v) is 5.90. The monoisotopic (exact) mass is 328 g/mol. The highest BCUT2D eigenvalue weighted by molar-refractivity contribution is 5.95. The number of amides is 2. The lowest BCUT2D eigenvalue weighted by Gasteiger charge is -2.34. The Morgan fingerprint density at radius 3 is 2.08 bits per heavy atom. The fourth-order valence-corrected chi connectivity index (χ4v) is 2.64. The lowest BCUT2D eigenvalue weighted by Crippen LogP contribution is -2.50. The van der Waals surface area contributed by atoms with Crippen molar-refractivity contribution < 1.29 is 14.0 Å². The van der Waals surface area contributed by atoms with E-state index in [1.807, 2.05) is 25.1 Å². The van der Waals surface area contributed by atoms with E-state index in [4.69, 9.17) is 4.42 Å². The number of anilines is 1. The third-order valence-corrected chi connectivity index (χ3v) is 4.08. The lowest BCUT2D eigenvalue weighted by atomic mass is 10.2. The van der Waals surface area contributed by atoms with Gasteiger partial charge in [0.25, 0.3) is 11.8 Å². The number of pyridine rings is 1. The molecule has 24 heavy (non-hydrogen) atoms. The molecule has 1 fully saturated rings. The highest BCUT2D eigenvalue weighted by Crippen LogP contribution is 2.13. The first-order valence-corrected chi connectivity index (χ1v) is 7.80. The number of piperazine rings is 1. The third kappa shape index (κ3) is 3.24. The van der Waals surface area contributed by atoms with Gasteiger partial charge in [-0.25, -0.2) is 4.98 Å². The standard InChI is InChI=1S/C17H20N4O3/c1-19(2)15-4-3-13(11-18-15)16(22)20-6-8-21(9-7-20)17(23)14-5-10-24-12-14/h3-5,10-12H,6-9H2,1-2H3. The second kappa shape index (κ2) is 6.74. The van der Waals surface area contributed by atoms with Gasteiger partial charge in [0.05, 0.1) is 17.4 Å². The van der Waals surface area contributed by atoms with Gasteiger partial charge in [-0.1, -0.05) is 0 Å². The van der Waals surface area contributed by atoms with E-state index in [2.05, 4.69) is 4.98 Å². The molecule has 0 saturated carbocycles. The Morgan fingerprint density at radius 1 is 1.00 bits per heavy atom. The van der Waals surface area contributed by atoms with Gasteiger partial charge in [0.15, 0.2) is 0 Å². The van der Waals surface area contributed by atoms with Crippen LogP contribution in [-0.2, 0) is 0 Å².